The summed E-state index contributed by atoms with van der Waals surface area (Å²) in [5.74, 6) is -0.586. The molecule has 1 aliphatic carbocycles. The Balaban J connectivity index is 1.94. The number of sulfonamides is 1. The molecule has 0 bridgehead atoms. The Morgan fingerprint density at radius 1 is 1.00 bits per heavy atom. The minimum atomic E-state index is -3.75. The van der Waals surface area contributed by atoms with Crippen molar-refractivity contribution < 1.29 is 18.0 Å². The topological polar surface area (TPSA) is 86.8 Å². The molecule has 1 atom stereocenters. The number of anilines is 1. The number of amides is 2. The fraction of sp³-hybridized carbons (Fsp3) is 0.481. The smallest absolute Gasteiger partial charge is 0.244 e. The molecule has 0 aromatic heterocycles. The Morgan fingerprint density at radius 3 is 2.14 bits per heavy atom. The van der Waals surface area contributed by atoms with Crippen molar-refractivity contribution in [2.75, 3.05) is 17.1 Å². The molecule has 2 amide bonds. The molecule has 1 fully saturated rings. The average molecular weight is 500 g/mol. The Morgan fingerprint density at radius 2 is 1.60 bits per heavy atom. The third kappa shape index (κ3) is 6.84. The third-order valence-electron chi connectivity index (χ3n) is 6.65. The second-order valence-corrected chi connectivity index (χ2v) is 11.3. The molecule has 190 valence electrons. The molecule has 8 heteroatoms. The van der Waals surface area contributed by atoms with Gasteiger partial charge in [0.05, 0.1) is 11.9 Å². The number of carbonyl (C=O) groups is 2. The number of nitrogens with one attached hydrogen (secondary N) is 1. The van der Waals surface area contributed by atoms with Crippen molar-refractivity contribution in [2.24, 2.45) is 0 Å². The van der Waals surface area contributed by atoms with E-state index in [1.165, 1.54) is 9.21 Å². The number of rotatable bonds is 10. The van der Waals surface area contributed by atoms with Crippen LogP contribution >= 0.6 is 0 Å². The van der Waals surface area contributed by atoms with Gasteiger partial charge in [0.1, 0.15) is 12.6 Å². The predicted octanol–water partition coefficient (Wildman–Crippen LogP) is 3.94. The summed E-state index contributed by atoms with van der Waals surface area (Å²) in [5.41, 5.74) is 2.92. The van der Waals surface area contributed by atoms with E-state index in [1.54, 1.807) is 0 Å². The van der Waals surface area contributed by atoms with Crippen molar-refractivity contribution in [3.05, 3.63) is 65.2 Å². The molecule has 1 unspecified atom stereocenters. The SMILES string of the molecule is CCC(C(=O)NC1CCCC1)N(Cc1ccccc1)C(=O)CN(c1c(C)cccc1C)S(C)(=O)=O. The van der Waals surface area contributed by atoms with Crippen LogP contribution in [0.15, 0.2) is 48.5 Å². The van der Waals surface area contributed by atoms with Crippen LogP contribution in [-0.2, 0) is 26.2 Å². The Bertz CT molecular complexity index is 1110. The zero-order chi connectivity index (χ0) is 25.6. The zero-order valence-electron chi connectivity index (χ0n) is 21.2. The van der Waals surface area contributed by atoms with Crippen LogP contribution in [0.25, 0.3) is 0 Å². The van der Waals surface area contributed by atoms with Gasteiger partial charge in [0.2, 0.25) is 21.8 Å². The van der Waals surface area contributed by atoms with Crippen molar-refractivity contribution in [3.63, 3.8) is 0 Å². The lowest BCUT2D eigenvalue weighted by Gasteiger charge is -2.34. The standard InChI is InChI=1S/C27H37N3O4S/c1-5-24(27(32)28-23-16-9-10-17-23)29(18-22-14-7-6-8-15-22)25(31)19-30(35(4,33)34)26-20(2)12-11-13-21(26)3/h6-8,11-15,23-24H,5,9-10,16-19H2,1-4H3,(H,28,32). The van der Waals surface area contributed by atoms with Gasteiger partial charge in [-0.25, -0.2) is 8.42 Å². The number of hydrogen-bond donors (Lipinski definition) is 1. The fourth-order valence-corrected chi connectivity index (χ4v) is 5.81. The molecule has 3 rings (SSSR count). The summed E-state index contributed by atoms with van der Waals surface area (Å²) in [7, 11) is -3.75. The van der Waals surface area contributed by atoms with Crippen molar-refractivity contribution in [1.29, 1.82) is 0 Å². The molecule has 35 heavy (non-hydrogen) atoms. The summed E-state index contributed by atoms with van der Waals surface area (Å²) in [6, 6.07) is 14.4. The Labute approximate surface area is 209 Å². The van der Waals surface area contributed by atoms with Gasteiger partial charge in [0.15, 0.2) is 0 Å². The molecule has 0 radical (unpaired) electrons. The minimum Gasteiger partial charge on any atom is -0.352 e. The van der Waals surface area contributed by atoms with E-state index < -0.39 is 22.0 Å². The molecule has 0 saturated heterocycles. The van der Waals surface area contributed by atoms with Crippen LogP contribution in [-0.4, -0.2) is 50.0 Å². The first kappa shape index (κ1) is 26.7. The molecule has 1 saturated carbocycles. The molecule has 7 nitrogen and oxygen atoms in total. The van der Waals surface area contributed by atoms with E-state index in [0.717, 1.165) is 48.6 Å². The van der Waals surface area contributed by atoms with Crippen LogP contribution in [0.4, 0.5) is 5.69 Å². The second kappa shape index (κ2) is 11.7. The average Bonchev–Trinajstić information content (AvgIpc) is 3.31. The fourth-order valence-electron chi connectivity index (χ4n) is 4.84. The predicted molar refractivity (Wildman–Crippen MR) is 140 cm³/mol. The molecular weight excluding hydrogens is 462 g/mol. The van der Waals surface area contributed by atoms with E-state index in [1.807, 2.05) is 69.3 Å². The number of nitrogens with zero attached hydrogens (tertiary/aromatic N) is 2. The van der Waals surface area contributed by atoms with Gasteiger partial charge in [-0.3, -0.25) is 13.9 Å². The van der Waals surface area contributed by atoms with Crippen LogP contribution in [0.3, 0.4) is 0 Å². The summed E-state index contributed by atoms with van der Waals surface area (Å²) in [6.07, 6.45) is 5.62. The van der Waals surface area contributed by atoms with Gasteiger partial charge in [-0.1, -0.05) is 68.3 Å². The first-order valence-electron chi connectivity index (χ1n) is 12.3. The van der Waals surface area contributed by atoms with Gasteiger partial charge in [-0.05, 0) is 49.8 Å². The molecule has 0 heterocycles. The highest BCUT2D eigenvalue weighted by Gasteiger charge is 2.33. The van der Waals surface area contributed by atoms with Gasteiger partial charge in [0, 0.05) is 12.6 Å². The van der Waals surface area contributed by atoms with E-state index >= 15 is 0 Å². The van der Waals surface area contributed by atoms with Crippen molar-refractivity contribution in [3.8, 4) is 0 Å². The Hall–Kier alpha value is -2.87. The zero-order valence-corrected chi connectivity index (χ0v) is 22.0. The minimum absolute atomic E-state index is 0.132. The first-order chi connectivity index (χ1) is 16.6. The largest absolute Gasteiger partial charge is 0.352 e. The summed E-state index contributed by atoms with van der Waals surface area (Å²) < 4.78 is 26.8. The summed E-state index contributed by atoms with van der Waals surface area (Å²) in [6.45, 7) is 5.39. The molecular formula is C27H37N3O4S. The van der Waals surface area contributed by atoms with Crippen LogP contribution in [0, 0.1) is 13.8 Å². The highest BCUT2D eigenvalue weighted by Crippen LogP contribution is 2.27. The lowest BCUT2D eigenvalue weighted by Crippen LogP contribution is -2.53. The maximum atomic E-state index is 13.8. The van der Waals surface area contributed by atoms with Crippen LogP contribution in [0.2, 0.25) is 0 Å². The van der Waals surface area contributed by atoms with Crippen molar-refractivity contribution in [1.82, 2.24) is 10.2 Å². The molecule has 2 aromatic rings. The van der Waals surface area contributed by atoms with E-state index in [9.17, 15) is 18.0 Å². The maximum absolute atomic E-state index is 13.8. The molecule has 0 aliphatic heterocycles. The highest BCUT2D eigenvalue weighted by atomic mass is 32.2. The maximum Gasteiger partial charge on any atom is 0.244 e. The first-order valence-corrected chi connectivity index (χ1v) is 14.1. The van der Waals surface area contributed by atoms with Crippen LogP contribution < -0.4 is 9.62 Å². The lowest BCUT2D eigenvalue weighted by molar-refractivity contribution is -0.140. The number of para-hydroxylation sites is 1. The number of carbonyl (C=O) groups excluding carboxylic acids is 2. The molecule has 1 aliphatic rings. The van der Waals surface area contributed by atoms with Crippen molar-refractivity contribution >= 4 is 27.5 Å². The van der Waals surface area contributed by atoms with Gasteiger partial charge >= 0.3 is 0 Å². The van der Waals surface area contributed by atoms with Crippen LogP contribution in [0.5, 0.6) is 0 Å². The van der Waals surface area contributed by atoms with Crippen LogP contribution in [0.1, 0.15) is 55.7 Å². The summed E-state index contributed by atoms with van der Waals surface area (Å²) in [4.78, 5) is 28.6. The number of hydrogen-bond acceptors (Lipinski definition) is 4. The monoisotopic (exact) mass is 499 g/mol. The molecule has 1 N–H and O–H groups in total. The van der Waals surface area contributed by atoms with E-state index in [4.69, 9.17) is 0 Å². The molecule has 0 spiro atoms. The van der Waals surface area contributed by atoms with Crippen molar-refractivity contribution in [2.45, 2.75) is 71.5 Å². The quantitative estimate of drug-likeness (QED) is 0.537. The molecule has 2 aromatic carbocycles. The van der Waals surface area contributed by atoms with E-state index in [-0.39, 0.29) is 25.0 Å². The number of aryl methyl sites for hydroxylation is 2. The van der Waals surface area contributed by atoms with Gasteiger partial charge in [0.25, 0.3) is 0 Å². The number of benzene rings is 2. The normalized spacial score (nSPS) is 15.0. The van der Waals surface area contributed by atoms with E-state index in [0.29, 0.717) is 12.1 Å². The van der Waals surface area contributed by atoms with E-state index in [2.05, 4.69) is 5.32 Å². The van der Waals surface area contributed by atoms with Gasteiger partial charge in [-0.2, -0.15) is 0 Å². The third-order valence-corrected chi connectivity index (χ3v) is 7.76. The highest BCUT2D eigenvalue weighted by molar-refractivity contribution is 7.92. The second-order valence-electron chi connectivity index (χ2n) is 9.43. The Kier molecular flexibility index (Phi) is 8.94. The van der Waals surface area contributed by atoms with Gasteiger partial charge < -0.3 is 10.2 Å². The summed E-state index contributed by atoms with van der Waals surface area (Å²) >= 11 is 0. The van der Waals surface area contributed by atoms with Gasteiger partial charge in [-0.15, -0.1) is 0 Å². The lowest BCUT2D eigenvalue weighted by atomic mass is 10.1. The summed E-state index contributed by atoms with van der Waals surface area (Å²) in [5, 5.41) is 3.12.